The Bertz CT molecular complexity index is 882. The molecule has 0 aliphatic heterocycles. The monoisotopic (exact) mass is 314 g/mol. The number of nitrogens with zero attached hydrogens (tertiary/aromatic N) is 1. The Labute approximate surface area is 130 Å². The minimum absolute atomic E-state index is 0.0138. The Balaban J connectivity index is 1.81. The van der Waals surface area contributed by atoms with Crippen molar-refractivity contribution in [2.24, 2.45) is 0 Å². The van der Waals surface area contributed by atoms with Gasteiger partial charge in [0, 0.05) is 11.8 Å². The smallest absolute Gasteiger partial charge is 0.308 e. The first-order valence-corrected chi connectivity index (χ1v) is 7.51. The van der Waals surface area contributed by atoms with Crippen LogP contribution in [0.15, 0.2) is 53.3 Å². The highest BCUT2D eigenvalue weighted by Crippen LogP contribution is 2.18. The van der Waals surface area contributed by atoms with E-state index in [-0.39, 0.29) is 17.3 Å². The van der Waals surface area contributed by atoms with Crippen LogP contribution in [0.1, 0.15) is 0 Å². The van der Waals surface area contributed by atoms with E-state index in [4.69, 9.17) is 4.74 Å². The lowest BCUT2D eigenvalue weighted by molar-refractivity contribution is -0.116. The Morgan fingerprint density at radius 1 is 1.23 bits per heavy atom. The minimum atomic E-state index is -0.251. The molecule has 0 aliphatic rings. The lowest BCUT2D eigenvalue weighted by atomic mass is 10.3. The highest BCUT2D eigenvalue weighted by atomic mass is 32.1. The van der Waals surface area contributed by atoms with E-state index in [1.807, 2.05) is 24.3 Å². The fourth-order valence-electron chi connectivity index (χ4n) is 2.21. The number of benzene rings is 2. The third-order valence-electron chi connectivity index (χ3n) is 3.23. The Hall–Kier alpha value is -2.60. The van der Waals surface area contributed by atoms with Gasteiger partial charge in [0.2, 0.25) is 5.91 Å². The maximum absolute atomic E-state index is 12.2. The van der Waals surface area contributed by atoms with Crippen LogP contribution in [-0.2, 0) is 11.3 Å². The van der Waals surface area contributed by atoms with Crippen LogP contribution >= 0.6 is 11.3 Å². The van der Waals surface area contributed by atoms with Crippen molar-refractivity contribution in [3.63, 3.8) is 0 Å². The van der Waals surface area contributed by atoms with Crippen molar-refractivity contribution in [2.75, 3.05) is 12.4 Å². The Morgan fingerprint density at radius 2 is 2.05 bits per heavy atom. The molecule has 1 amide bonds. The van der Waals surface area contributed by atoms with Crippen molar-refractivity contribution in [1.29, 1.82) is 0 Å². The van der Waals surface area contributed by atoms with Gasteiger partial charge in [0.25, 0.3) is 0 Å². The number of aromatic nitrogens is 1. The first kappa shape index (κ1) is 14.3. The second-order valence-electron chi connectivity index (χ2n) is 4.70. The van der Waals surface area contributed by atoms with Gasteiger partial charge in [-0.05, 0) is 24.3 Å². The molecule has 0 saturated heterocycles. The number of amides is 1. The molecule has 112 valence electrons. The molecule has 5 nitrogen and oxygen atoms in total. The predicted octanol–water partition coefficient (Wildman–Crippen LogP) is 2.71. The largest absolute Gasteiger partial charge is 0.497 e. The first-order chi connectivity index (χ1) is 10.7. The summed E-state index contributed by atoms with van der Waals surface area (Å²) < 4.78 is 7.47. The van der Waals surface area contributed by atoms with Crippen LogP contribution in [0.2, 0.25) is 0 Å². The Morgan fingerprint density at radius 3 is 2.86 bits per heavy atom. The van der Waals surface area contributed by atoms with Gasteiger partial charge in [-0.25, -0.2) is 0 Å². The van der Waals surface area contributed by atoms with Crippen molar-refractivity contribution >= 4 is 33.1 Å². The van der Waals surface area contributed by atoms with E-state index in [9.17, 15) is 9.59 Å². The molecule has 1 heterocycles. The highest BCUT2D eigenvalue weighted by molar-refractivity contribution is 7.16. The van der Waals surface area contributed by atoms with E-state index in [1.54, 1.807) is 31.4 Å². The molecule has 0 saturated carbocycles. The molecule has 0 fully saturated rings. The van der Waals surface area contributed by atoms with E-state index in [0.29, 0.717) is 11.4 Å². The van der Waals surface area contributed by atoms with Crippen LogP contribution in [-0.4, -0.2) is 17.6 Å². The molecule has 2 aromatic carbocycles. The van der Waals surface area contributed by atoms with Gasteiger partial charge < -0.3 is 10.1 Å². The van der Waals surface area contributed by atoms with Crippen molar-refractivity contribution in [3.8, 4) is 5.75 Å². The summed E-state index contributed by atoms with van der Waals surface area (Å²) >= 11 is 1.14. The summed E-state index contributed by atoms with van der Waals surface area (Å²) in [7, 11) is 1.57. The molecule has 0 radical (unpaired) electrons. The summed E-state index contributed by atoms with van der Waals surface area (Å²) in [6, 6.07) is 14.5. The zero-order chi connectivity index (χ0) is 15.5. The van der Waals surface area contributed by atoms with Crippen LogP contribution in [0, 0.1) is 0 Å². The molecule has 0 spiro atoms. The molecule has 22 heavy (non-hydrogen) atoms. The van der Waals surface area contributed by atoms with E-state index in [1.165, 1.54) is 4.57 Å². The quantitative estimate of drug-likeness (QED) is 0.805. The third kappa shape index (κ3) is 2.87. The van der Waals surface area contributed by atoms with Gasteiger partial charge in [-0.1, -0.05) is 29.5 Å². The fourth-order valence-corrected chi connectivity index (χ4v) is 3.10. The fraction of sp³-hybridized carbons (Fsp3) is 0.125. The number of carbonyl (C=O) groups is 1. The van der Waals surface area contributed by atoms with E-state index >= 15 is 0 Å². The van der Waals surface area contributed by atoms with Crippen molar-refractivity contribution in [2.45, 2.75) is 6.54 Å². The van der Waals surface area contributed by atoms with Crippen LogP contribution in [0.5, 0.6) is 5.75 Å². The number of methoxy groups -OCH3 is 1. The summed E-state index contributed by atoms with van der Waals surface area (Å²) in [4.78, 5) is 24.0. The second-order valence-corrected chi connectivity index (χ2v) is 5.70. The molecule has 1 aromatic heterocycles. The molecule has 0 unspecified atom stereocenters. The van der Waals surface area contributed by atoms with Crippen LogP contribution in [0.3, 0.4) is 0 Å². The number of hydrogen-bond donors (Lipinski definition) is 1. The second kappa shape index (κ2) is 6.03. The minimum Gasteiger partial charge on any atom is -0.497 e. The maximum atomic E-state index is 12.2. The normalized spacial score (nSPS) is 10.6. The van der Waals surface area contributed by atoms with Gasteiger partial charge in [-0.15, -0.1) is 0 Å². The lowest BCUT2D eigenvalue weighted by Gasteiger charge is -2.07. The van der Waals surface area contributed by atoms with E-state index in [2.05, 4.69) is 5.32 Å². The molecule has 1 N–H and O–H groups in total. The summed E-state index contributed by atoms with van der Waals surface area (Å²) in [5, 5.41) is 2.77. The number of nitrogens with one attached hydrogen (secondary N) is 1. The van der Waals surface area contributed by atoms with Gasteiger partial charge in [0.05, 0.1) is 17.3 Å². The molecular formula is C16H14N2O3S. The average molecular weight is 314 g/mol. The summed E-state index contributed by atoms with van der Waals surface area (Å²) in [6.45, 7) is -0.0138. The number of para-hydroxylation sites is 1. The first-order valence-electron chi connectivity index (χ1n) is 6.69. The topological polar surface area (TPSA) is 60.3 Å². The number of thiazole rings is 1. The van der Waals surface area contributed by atoms with E-state index < -0.39 is 0 Å². The van der Waals surface area contributed by atoms with Crippen molar-refractivity contribution in [3.05, 3.63) is 58.2 Å². The van der Waals surface area contributed by atoms with Gasteiger partial charge in [0.1, 0.15) is 12.3 Å². The number of hydrogen-bond acceptors (Lipinski definition) is 4. The summed E-state index contributed by atoms with van der Waals surface area (Å²) in [6.07, 6.45) is 0. The number of fused-ring (bicyclic) bond motifs is 1. The van der Waals surface area contributed by atoms with Crippen LogP contribution in [0.25, 0.3) is 10.2 Å². The van der Waals surface area contributed by atoms with Crippen LogP contribution < -0.4 is 14.9 Å². The number of rotatable bonds is 4. The van der Waals surface area contributed by atoms with Crippen molar-refractivity contribution in [1.82, 2.24) is 4.57 Å². The highest BCUT2D eigenvalue weighted by Gasteiger charge is 2.11. The van der Waals surface area contributed by atoms with Crippen LogP contribution in [0.4, 0.5) is 5.69 Å². The zero-order valence-electron chi connectivity index (χ0n) is 11.9. The zero-order valence-corrected chi connectivity index (χ0v) is 12.7. The van der Waals surface area contributed by atoms with Gasteiger partial charge >= 0.3 is 4.87 Å². The SMILES string of the molecule is COc1cccc(NC(=O)Cn2c(=O)sc3ccccc32)c1. The molecular weight excluding hydrogens is 300 g/mol. The Kier molecular flexibility index (Phi) is 3.93. The molecule has 6 heteroatoms. The molecule has 0 atom stereocenters. The molecule has 0 bridgehead atoms. The molecule has 3 aromatic rings. The predicted molar refractivity (Wildman–Crippen MR) is 87.7 cm³/mol. The third-order valence-corrected chi connectivity index (χ3v) is 4.19. The van der Waals surface area contributed by atoms with Gasteiger partial charge in [0.15, 0.2) is 0 Å². The molecule has 3 rings (SSSR count). The molecule has 0 aliphatic carbocycles. The number of carbonyl (C=O) groups excluding carboxylic acids is 1. The van der Waals surface area contributed by atoms with E-state index in [0.717, 1.165) is 21.6 Å². The van der Waals surface area contributed by atoms with Gasteiger partial charge in [-0.3, -0.25) is 14.2 Å². The van der Waals surface area contributed by atoms with Gasteiger partial charge in [-0.2, -0.15) is 0 Å². The lowest BCUT2D eigenvalue weighted by Crippen LogP contribution is -2.24. The number of anilines is 1. The standard InChI is InChI=1S/C16H14N2O3S/c1-21-12-6-4-5-11(9-12)17-15(19)10-18-13-7-2-3-8-14(13)22-16(18)20/h2-9H,10H2,1H3,(H,17,19). The summed E-state index contributed by atoms with van der Waals surface area (Å²) in [5.74, 6) is 0.412. The summed E-state index contributed by atoms with van der Waals surface area (Å²) in [5.41, 5.74) is 1.41. The van der Waals surface area contributed by atoms with Crippen molar-refractivity contribution < 1.29 is 9.53 Å². The number of ether oxygens (including phenoxy) is 1. The average Bonchev–Trinajstić information content (AvgIpc) is 2.83. The maximum Gasteiger partial charge on any atom is 0.308 e.